The number of anilines is 1. The number of nitrogens with one attached hydrogen (secondary N) is 1. The number of carbonyl (C=O) groups is 2. The fourth-order valence-electron chi connectivity index (χ4n) is 2.27. The molecular formula is C18H22N2O3S. The Morgan fingerprint density at radius 2 is 1.96 bits per heavy atom. The van der Waals surface area contributed by atoms with Gasteiger partial charge in [0.15, 0.2) is 6.61 Å². The standard InChI is InChI=1S/C18H22N2O3S/c1-4-20(5-2)16(21)12-23-15-8-6-7-14(11-15)19-18(22)17-13(3)9-10-24-17/h6-11H,4-5,12H2,1-3H3,(H,19,22). The minimum Gasteiger partial charge on any atom is -0.484 e. The van der Waals surface area contributed by atoms with Crippen LogP contribution in [0.25, 0.3) is 0 Å². The lowest BCUT2D eigenvalue weighted by Gasteiger charge is -2.18. The van der Waals surface area contributed by atoms with Crippen molar-refractivity contribution in [1.29, 1.82) is 0 Å². The fourth-order valence-corrected chi connectivity index (χ4v) is 3.09. The van der Waals surface area contributed by atoms with Crippen LogP contribution in [0.4, 0.5) is 5.69 Å². The number of rotatable bonds is 7. The molecule has 5 nitrogen and oxygen atoms in total. The molecule has 0 bridgehead atoms. The molecule has 0 aliphatic rings. The summed E-state index contributed by atoms with van der Waals surface area (Å²) < 4.78 is 5.55. The topological polar surface area (TPSA) is 58.6 Å². The lowest BCUT2D eigenvalue weighted by Crippen LogP contribution is -2.34. The van der Waals surface area contributed by atoms with Crippen molar-refractivity contribution in [2.45, 2.75) is 20.8 Å². The summed E-state index contributed by atoms with van der Waals surface area (Å²) in [5, 5.41) is 4.75. The molecule has 2 rings (SSSR count). The average Bonchev–Trinajstić information content (AvgIpc) is 3.00. The van der Waals surface area contributed by atoms with E-state index in [2.05, 4.69) is 5.32 Å². The summed E-state index contributed by atoms with van der Waals surface area (Å²) in [6.07, 6.45) is 0. The number of thiophene rings is 1. The van der Waals surface area contributed by atoms with Crippen LogP contribution in [0.15, 0.2) is 35.7 Å². The van der Waals surface area contributed by atoms with Gasteiger partial charge in [0.25, 0.3) is 11.8 Å². The highest BCUT2D eigenvalue weighted by Crippen LogP contribution is 2.21. The predicted molar refractivity (Wildman–Crippen MR) is 96.9 cm³/mol. The number of carbonyl (C=O) groups excluding carboxylic acids is 2. The van der Waals surface area contributed by atoms with Gasteiger partial charge in [-0.3, -0.25) is 9.59 Å². The number of aryl methyl sites for hydroxylation is 1. The predicted octanol–water partition coefficient (Wildman–Crippen LogP) is 3.56. The Kier molecular flexibility index (Phi) is 6.37. The van der Waals surface area contributed by atoms with Gasteiger partial charge >= 0.3 is 0 Å². The van der Waals surface area contributed by atoms with Gasteiger partial charge < -0.3 is 15.0 Å². The molecule has 6 heteroatoms. The molecule has 2 amide bonds. The van der Waals surface area contributed by atoms with E-state index < -0.39 is 0 Å². The van der Waals surface area contributed by atoms with Gasteiger partial charge in [-0.25, -0.2) is 0 Å². The SMILES string of the molecule is CCN(CC)C(=O)COc1cccc(NC(=O)c2sccc2C)c1. The second-order valence-electron chi connectivity index (χ2n) is 5.27. The first-order valence-electron chi connectivity index (χ1n) is 7.91. The minimum atomic E-state index is -0.140. The van der Waals surface area contributed by atoms with Crippen LogP contribution in [-0.4, -0.2) is 36.4 Å². The average molecular weight is 346 g/mol. The van der Waals surface area contributed by atoms with E-state index in [-0.39, 0.29) is 18.4 Å². The van der Waals surface area contributed by atoms with Crippen LogP contribution < -0.4 is 10.1 Å². The first-order chi connectivity index (χ1) is 11.5. The third-order valence-electron chi connectivity index (χ3n) is 3.64. The lowest BCUT2D eigenvalue weighted by molar-refractivity contribution is -0.132. The maximum absolute atomic E-state index is 12.2. The van der Waals surface area contributed by atoms with E-state index >= 15 is 0 Å². The van der Waals surface area contributed by atoms with E-state index in [9.17, 15) is 9.59 Å². The normalized spacial score (nSPS) is 10.3. The largest absolute Gasteiger partial charge is 0.484 e. The van der Waals surface area contributed by atoms with Crippen molar-refractivity contribution < 1.29 is 14.3 Å². The summed E-state index contributed by atoms with van der Waals surface area (Å²) in [5.41, 5.74) is 1.59. The van der Waals surface area contributed by atoms with Gasteiger partial charge in [-0.2, -0.15) is 0 Å². The van der Waals surface area contributed by atoms with Crippen LogP contribution in [0.3, 0.4) is 0 Å². The number of nitrogens with zero attached hydrogens (tertiary/aromatic N) is 1. The van der Waals surface area contributed by atoms with Crippen molar-refractivity contribution in [2.75, 3.05) is 25.0 Å². The molecule has 1 heterocycles. The molecule has 0 saturated heterocycles. The molecule has 0 fully saturated rings. The van der Waals surface area contributed by atoms with Gasteiger partial charge in [-0.15, -0.1) is 11.3 Å². The zero-order valence-corrected chi connectivity index (χ0v) is 15.0. The van der Waals surface area contributed by atoms with E-state index in [1.807, 2.05) is 32.2 Å². The summed E-state index contributed by atoms with van der Waals surface area (Å²) >= 11 is 1.41. The first-order valence-corrected chi connectivity index (χ1v) is 8.79. The molecule has 2 aromatic rings. The third kappa shape index (κ3) is 4.58. The highest BCUT2D eigenvalue weighted by molar-refractivity contribution is 7.12. The van der Waals surface area contributed by atoms with Crippen molar-refractivity contribution in [1.82, 2.24) is 4.90 Å². The van der Waals surface area contributed by atoms with E-state index in [1.165, 1.54) is 11.3 Å². The molecule has 0 aliphatic heterocycles. The van der Waals surface area contributed by atoms with Crippen molar-refractivity contribution in [2.24, 2.45) is 0 Å². The summed E-state index contributed by atoms with van der Waals surface area (Å²) in [5.74, 6) is 0.360. The Hall–Kier alpha value is -2.34. The molecule has 24 heavy (non-hydrogen) atoms. The number of hydrogen-bond donors (Lipinski definition) is 1. The van der Waals surface area contributed by atoms with E-state index in [1.54, 1.807) is 29.2 Å². The van der Waals surface area contributed by atoms with Crippen molar-refractivity contribution in [3.63, 3.8) is 0 Å². The molecule has 0 aliphatic carbocycles. The maximum Gasteiger partial charge on any atom is 0.265 e. The maximum atomic E-state index is 12.2. The van der Waals surface area contributed by atoms with E-state index in [0.717, 1.165) is 5.56 Å². The Morgan fingerprint density at radius 1 is 1.21 bits per heavy atom. The molecule has 0 saturated carbocycles. The van der Waals surface area contributed by atoms with Gasteiger partial charge in [-0.05, 0) is 49.9 Å². The molecule has 0 unspecified atom stereocenters. The smallest absolute Gasteiger partial charge is 0.265 e. The highest BCUT2D eigenvalue weighted by Gasteiger charge is 2.12. The van der Waals surface area contributed by atoms with Gasteiger partial charge in [0.2, 0.25) is 0 Å². The van der Waals surface area contributed by atoms with Crippen LogP contribution in [0.2, 0.25) is 0 Å². The van der Waals surface area contributed by atoms with Crippen LogP contribution in [0.5, 0.6) is 5.75 Å². The Morgan fingerprint density at radius 3 is 2.58 bits per heavy atom. The molecule has 1 aromatic carbocycles. The minimum absolute atomic E-state index is 0.0108. The van der Waals surface area contributed by atoms with Gasteiger partial charge in [-0.1, -0.05) is 6.07 Å². The molecular weight excluding hydrogens is 324 g/mol. The zero-order chi connectivity index (χ0) is 17.5. The number of ether oxygens (including phenoxy) is 1. The van der Waals surface area contributed by atoms with Gasteiger partial charge in [0, 0.05) is 24.8 Å². The number of amides is 2. The summed E-state index contributed by atoms with van der Waals surface area (Å²) in [6, 6.07) is 8.98. The quantitative estimate of drug-likeness (QED) is 0.834. The summed E-state index contributed by atoms with van der Waals surface area (Å²) in [4.78, 5) is 26.6. The number of likely N-dealkylation sites (N-methyl/N-ethyl adjacent to an activating group) is 1. The second kappa shape index (κ2) is 8.49. The molecule has 1 aromatic heterocycles. The fraction of sp³-hybridized carbons (Fsp3) is 0.333. The number of benzene rings is 1. The van der Waals surface area contributed by atoms with Gasteiger partial charge in [0.05, 0.1) is 4.88 Å². The van der Waals surface area contributed by atoms with Gasteiger partial charge in [0.1, 0.15) is 5.75 Å². The van der Waals surface area contributed by atoms with Crippen LogP contribution >= 0.6 is 11.3 Å². The molecule has 0 atom stereocenters. The first kappa shape index (κ1) is 18.0. The Bertz CT molecular complexity index is 708. The highest BCUT2D eigenvalue weighted by atomic mass is 32.1. The Balaban J connectivity index is 1.98. The van der Waals surface area contributed by atoms with Crippen LogP contribution in [0, 0.1) is 6.92 Å². The molecule has 128 valence electrons. The van der Waals surface area contributed by atoms with Crippen LogP contribution in [-0.2, 0) is 4.79 Å². The zero-order valence-electron chi connectivity index (χ0n) is 14.2. The molecule has 0 radical (unpaired) electrons. The van der Waals surface area contributed by atoms with Crippen molar-refractivity contribution >= 4 is 28.8 Å². The summed E-state index contributed by atoms with van der Waals surface area (Å²) in [6.45, 7) is 7.09. The van der Waals surface area contributed by atoms with Crippen LogP contribution in [0.1, 0.15) is 29.1 Å². The number of hydrogen-bond acceptors (Lipinski definition) is 4. The lowest BCUT2D eigenvalue weighted by atomic mass is 10.2. The Labute approximate surface area is 146 Å². The second-order valence-corrected chi connectivity index (χ2v) is 6.19. The van der Waals surface area contributed by atoms with E-state index in [0.29, 0.717) is 29.4 Å². The third-order valence-corrected chi connectivity index (χ3v) is 4.65. The monoisotopic (exact) mass is 346 g/mol. The summed E-state index contributed by atoms with van der Waals surface area (Å²) in [7, 11) is 0. The molecule has 1 N–H and O–H groups in total. The van der Waals surface area contributed by atoms with Crippen molar-refractivity contribution in [3.8, 4) is 5.75 Å². The molecule has 0 spiro atoms. The van der Waals surface area contributed by atoms with Crippen molar-refractivity contribution in [3.05, 3.63) is 46.2 Å². The van der Waals surface area contributed by atoms with E-state index in [4.69, 9.17) is 4.74 Å².